The molecule has 20 heavy (non-hydrogen) atoms. The molecule has 0 radical (unpaired) electrons. The summed E-state index contributed by atoms with van der Waals surface area (Å²) < 4.78 is 28.3. The second-order valence-corrected chi connectivity index (χ2v) is 7.33. The lowest BCUT2D eigenvalue weighted by Gasteiger charge is -2.26. The van der Waals surface area contributed by atoms with Gasteiger partial charge in [0.1, 0.15) is 12.4 Å². The molecule has 1 aliphatic rings. The molecule has 1 aliphatic heterocycles. The second kappa shape index (κ2) is 7.06. The Morgan fingerprint density at radius 3 is 2.40 bits per heavy atom. The third-order valence-corrected chi connectivity index (χ3v) is 5.08. The summed E-state index contributed by atoms with van der Waals surface area (Å²) in [4.78, 5) is 2.13. The van der Waals surface area contributed by atoms with Gasteiger partial charge in [-0.1, -0.05) is 12.1 Å². The zero-order valence-electron chi connectivity index (χ0n) is 11.6. The Balaban J connectivity index is 1.70. The Hall–Kier alpha value is -1.11. The van der Waals surface area contributed by atoms with Gasteiger partial charge in [0.2, 0.25) is 0 Å². The second-order valence-electron chi connectivity index (χ2n) is 5.02. The van der Waals surface area contributed by atoms with Crippen molar-refractivity contribution in [3.8, 4) is 5.75 Å². The fraction of sp³-hybridized carbons (Fsp3) is 0.571. The standard InChI is InChI=1S/C14H22N2O3S/c15-6-5-13-1-3-14(4-2-13)19-10-7-16-8-11-20(17,18)12-9-16/h1-4H,5-12,15H2. The minimum atomic E-state index is -2.80. The van der Waals surface area contributed by atoms with Crippen LogP contribution < -0.4 is 10.5 Å². The van der Waals surface area contributed by atoms with E-state index in [0.717, 1.165) is 18.7 Å². The van der Waals surface area contributed by atoms with Gasteiger partial charge in [0, 0.05) is 19.6 Å². The van der Waals surface area contributed by atoms with E-state index < -0.39 is 9.84 Å². The van der Waals surface area contributed by atoms with Gasteiger partial charge in [-0.15, -0.1) is 0 Å². The Morgan fingerprint density at radius 2 is 1.80 bits per heavy atom. The minimum absolute atomic E-state index is 0.265. The summed E-state index contributed by atoms with van der Waals surface area (Å²) in [6, 6.07) is 7.95. The van der Waals surface area contributed by atoms with Crippen molar-refractivity contribution in [1.29, 1.82) is 0 Å². The van der Waals surface area contributed by atoms with Crippen LogP contribution in [0.4, 0.5) is 0 Å². The molecule has 0 saturated carbocycles. The van der Waals surface area contributed by atoms with E-state index in [1.54, 1.807) is 0 Å². The topological polar surface area (TPSA) is 72.6 Å². The van der Waals surface area contributed by atoms with Gasteiger partial charge in [-0.2, -0.15) is 0 Å². The van der Waals surface area contributed by atoms with Gasteiger partial charge in [-0.25, -0.2) is 8.42 Å². The Bertz CT molecular complexity index is 500. The molecule has 0 aromatic heterocycles. The molecule has 1 heterocycles. The van der Waals surface area contributed by atoms with Crippen molar-refractivity contribution in [3.05, 3.63) is 29.8 Å². The van der Waals surface area contributed by atoms with Gasteiger partial charge in [-0.05, 0) is 30.7 Å². The molecule has 1 fully saturated rings. The number of ether oxygens (including phenoxy) is 1. The molecule has 5 nitrogen and oxygen atoms in total. The lowest BCUT2D eigenvalue weighted by Crippen LogP contribution is -2.42. The smallest absolute Gasteiger partial charge is 0.152 e. The van der Waals surface area contributed by atoms with Crippen LogP contribution in [-0.2, 0) is 16.3 Å². The fourth-order valence-electron chi connectivity index (χ4n) is 2.19. The highest BCUT2D eigenvalue weighted by Gasteiger charge is 2.20. The molecule has 2 N–H and O–H groups in total. The SMILES string of the molecule is NCCc1ccc(OCCN2CCS(=O)(=O)CC2)cc1. The predicted molar refractivity (Wildman–Crippen MR) is 79.8 cm³/mol. The molecule has 2 rings (SSSR count). The van der Waals surface area contributed by atoms with E-state index in [1.807, 2.05) is 24.3 Å². The molecule has 1 aromatic carbocycles. The highest BCUT2D eigenvalue weighted by Crippen LogP contribution is 2.12. The molecule has 6 heteroatoms. The molecule has 0 aliphatic carbocycles. The molecule has 1 aromatic rings. The number of rotatable bonds is 6. The fourth-order valence-corrected chi connectivity index (χ4v) is 3.46. The largest absolute Gasteiger partial charge is 0.492 e. The normalized spacial score (nSPS) is 18.9. The van der Waals surface area contributed by atoms with Crippen molar-refractivity contribution >= 4 is 9.84 Å². The van der Waals surface area contributed by atoms with Crippen molar-refractivity contribution in [2.75, 3.05) is 44.3 Å². The van der Waals surface area contributed by atoms with Crippen LogP contribution in [0.25, 0.3) is 0 Å². The monoisotopic (exact) mass is 298 g/mol. The van der Waals surface area contributed by atoms with Crippen molar-refractivity contribution in [2.45, 2.75) is 6.42 Å². The van der Waals surface area contributed by atoms with Crippen LogP contribution in [0.1, 0.15) is 5.56 Å². The van der Waals surface area contributed by atoms with E-state index in [0.29, 0.717) is 26.2 Å². The number of nitrogens with two attached hydrogens (primary N) is 1. The first-order valence-electron chi connectivity index (χ1n) is 6.94. The molecular formula is C14H22N2O3S. The molecular weight excluding hydrogens is 276 g/mol. The van der Waals surface area contributed by atoms with Gasteiger partial charge in [0.25, 0.3) is 0 Å². The quantitative estimate of drug-likeness (QED) is 0.817. The molecule has 1 saturated heterocycles. The number of benzene rings is 1. The van der Waals surface area contributed by atoms with Gasteiger partial charge >= 0.3 is 0 Å². The highest BCUT2D eigenvalue weighted by atomic mass is 32.2. The highest BCUT2D eigenvalue weighted by molar-refractivity contribution is 7.91. The van der Waals surface area contributed by atoms with E-state index in [2.05, 4.69) is 4.90 Å². The first-order chi connectivity index (χ1) is 9.59. The molecule has 112 valence electrons. The van der Waals surface area contributed by atoms with Crippen molar-refractivity contribution in [1.82, 2.24) is 4.90 Å². The molecule has 0 amide bonds. The zero-order valence-corrected chi connectivity index (χ0v) is 12.4. The van der Waals surface area contributed by atoms with Crippen LogP contribution in [0.15, 0.2) is 24.3 Å². The first-order valence-corrected chi connectivity index (χ1v) is 8.76. The Labute approximate surface area is 120 Å². The predicted octanol–water partition coefficient (Wildman–Crippen LogP) is 0.297. The van der Waals surface area contributed by atoms with Crippen LogP contribution in [0.3, 0.4) is 0 Å². The summed E-state index contributed by atoms with van der Waals surface area (Å²) in [5.74, 6) is 1.37. The number of nitrogens with zero attached hydrogens (tertiary/aromatic N) is 1. The van der Waals surface area contributed by atoms with Crippen LogP contribution in [0.5, 0.6) is 5.75 Å². The summed E-state index contributed by atoms with van der Waals surface area (Å²) >= 11 is 0. The van der Waals surface area contributed by atoms with E-state index in [-0.39, 0.29) is 11.5 Å². The van der Waals surface area contributed by atoms with Crippen LogP contribution >= 0.6 is 0 Å². The van der Waals surface area contributed by atoms with Crippen molar-refractivity contribution in [3.63, 3.8) is 0 Å². The van der Waals surface area contributed by atoms with Gasteiger partial charge in [0.05, 0.1) is 11.5 Å². The van der Waals surface area contributed by atoms with Gasteiger partial charge in [0.15, 0.2) is 9.84 Å². The lowest BCUT2D eigenvalue weighted by atomic mass is 10.1. The van der Waals surface area contributed by atoms with E-state index in [4.69, 9.17) is 10.5 Å². The van der Waals surface area contributed by atoms with E-state index in [9.17, 15) is 8.42 Å². The lowest BCUT2D eigenvalue weighted by molar-refractivity contribution is 0.219. The Kier molecular flexibility index (Phi) is 5.39. The third-order valence-electron chi connectivity index (χ3n) is 3.47. The van der Waals surface area contributed by atoms with Crippen LogP contribution in [0.2, 0.25) is 0 Å². The summed E-state index contributed by atoms with van der Waals surface area (Å²) in [7, 11) is -2.80. The summed E-state index contributed by atoms with van der Waals surface area (Å²) in [6.45, 7) is 3.22. The molecule has 0 unspecified atom stereocenters. The third kappa shape index (κ3) is 4.77. The van der Waals surface area contributed by atoms with E-state index >= 15 is 0 Å². The molecule has 0 spiro atoms. The Morgan fingerprint density at radius 1 is 1.15 bits per heavy atom. The molecule has 0 bridgehead atoms. The van der Waals surface area contributed by atoms with Crippen LogP contribution in [-0.4, -0.2) is 57.6 Å². The van der Waals surface area contributed by atoms with Gasteiger partial charge < -0.3 is 10.5 Å². The summed E-state index contributed by atoms with van der Waals surface area (Å²) in [5, 5.41) is 0. The van der Waals surface area contributed by atoms with Crippen molar-refractivity contribution < 1.29 is 13.2 Å². The molecule has 0 atom stereocenters. The van der Waals surface area contributed by atoms with Crippen LogP contribution in [0, 0.1) is 0 Å². The average molecular weight is 298 g/mol. The maximum Gasteiger partial charge on any atom is 0.152 e. The maximum absolute atomic E-state index is 11.3. The summed E-state index contributed by atoms with van der Waals surface area (Å²) in [6.07, 6.45) is 0.878. The van der Waals surface area contributed by atoms with Crippen molar-refractivity contribution in [2.24, 2.45) is 5.73 Å². The minimum Gasteiger partial charge on any atom is -0.492 e. The maximum atomic E-state index is 11.3. The number of sulfone groups is 1. The average Bonchev–Trinajstić information content (AvgIpc) is 2.43. The first kappa shape index (κ1) is 15.3. The van der Waals surface area contributed by atoms with Gasteiger partial charge in [-0.3, -0.25) is 4.90 Å². The number of hydrogen-bond donors (Lipinski definition) is 1. The van der Waals surface area contributed by atoms with E-state index in [1.165, 1.54) is 5.56 Å². The summed E-state index contributed by atoms with van der Waals surface area (Å²) in [5.41, 5.74) is 6.71. The number of hydrogen-bond acceptors (Lipinski definition) is 5. The zero-order chi connectivity index (χ0) is 14.4.